The van der Waals surface area contributed by atoms with Gasteiger partial charge in [-0.1, -0.05) is 18.2 Å². The van der Waals surface area contributed by atoms with E-state index in [2.05, 4.69) is 4.98 Å². The monoisotopic (exact) mass is 218 g/mol. The zero-order valence-corrected chi connectivity index (χ0v) is 8.77. The number of nitrogens with two attached hydrogens (primary N) is 1. The van der Waals surface area contributed by atoms with Gasteiger partial charge in [0, 0.05) is 11.1 Å². The van der Waals surface area contributed by atoms with Crippen molar-refractivity contribution in [2.24, 2.45) is 0 Å². The third-order valence-electron chi connectivity index (χ3n) is 2.27. The quantitative estimate of drug-likeness (QED) is 0.842. The van der Waals surface area contributed by atoms with Crippen molar-refractivity contribution in [1.29, 1.82) is 0 Å². The number of halogens is 1. The maximum Gasteiger partial charge on any atom is 0.149 e. The number of anilines is 1. The summed E-state index contributed by atoms with van der Waals surface area (Å²) in [6, 6.07) is 8.67. The second kappa shape index (κ2) is 4.18. The van der Waals surface area contributed by atoms with Crippen molar-refractivity contribution < 1.29 is 9.13 Å². The van der Waals surface area contributed by atoms with Crippen LogP contribution in [0.5, 0.6) is 5.75 Å². The van der Waals surface area contributed by atoms with Crippen molar-refractivity contribution in [3.8, 4) is 16.9 Å². The second-order valence-electron chi connectivity index (χ2n) is 3.29. The number of nitrogen functional groups attached to an aromatic ring is 1. The predicted octanol–water partition coefficient (Wildman–Crippen LogP) is 2.48. The van der Waals surface area contributed by atoms with Crippen LogP contribution >= 0.6 is 0 Å². The molecule has 82 valence electrons. The number of rotatable bonds is 2. The highest BCUT2D eigenvalue weighted by Gasteiger charge is 2.10. The lowest BCUT2D eigenvalue weighted by atomic mass is 10.1. The summed E-state index contributed by atoms with van der Waals surface area (Å²) in [7, 11) is 1.54. The minimum Gasteiger partial charge on any atom is -0.496 e. The lowest BCUT2D eigenvalue weighted by Crippen LogP contribution is -1.95. The number of ether oxygens (including phenoxy) is 1. The maximum atomic E-state index is 13.6. The Labute approximate surface area is 92.7 Å². The molecule has 1 heterocycles. The van der Waals surface area contributed by atoms with E-state index in [1.807, 2.05) is 12.1 Å². The summed E-state index contributed by atoms with van der Waals surface area (Å²) in [5.41, 5.74) is 6.59. The van der Waals surface area contributed by atoms with Gasteiger partial charge in [0.25, 0.3) is 0 Å². The van der Waals surface area contributed by atoms with Crippen LogP contribution in [0.3, 0.4) is 0 Å². The molecule has 2 rings (SSSR count). The zero-order chi connectivity index (χ0) is 11.5. The molecule has 16 heavy (non-hydrogen) atoms. The smallest absolute Gasteiger partial charge is 0.149 e. The number of benzene rings is 1. The molecule has 0 aliphatic heterocycles. The van der Waals surface area contributed by atoms with Crippen molar-refractivity contribution in [3.63, 3.8) is 0 Å². The van der Waals surface area contributed by atoms with Gasteiger partial charge in [0.05, 0.1) is 13.3 Å². The van der Waals surface area contributed by atoms with E-state index in [0.29, 0.717) is 16.9 Å². The van der Waals surface area contributed by atoms with E-state index in [4.69, 9.17) is 10.5 Å². The summed E-state index contributed by atoms with van der Waals surface area (Å²) < 4.78 is 18.8. The molecule has 0 amide bonds. The van der Waals surface area contributed by atoms with Crippen LogP contribution < -0.4 is 10.5 Å². The Hall–Kier alpha value is -2.10. The van der Waals surface area contributed by atoms with E-state index in [1.54, 1.807) is 19.2 Å². The molecule has 0 fully saturated rings. The molecule has 2 aromatic rings. The maximum absolute atomic E-state index is 13.6. The van der Waals surface area contributed by atoms with Crippen LogP contribution in [0, 0.1) is 5.82 Å². The lowest BCUT2D eigenvalue weighted by Gasteiger charge is -2.09. The van der Waals surface area contributed by atoms with E-state index in [0.717, 1.165) is 6.20 Å². The van der Waals surface area contributed by atoms with Crippen LogP contribution in [-0.2, 0) is 0 Å². The first-order valence-corrected chi connectivity index (χ1v) is 4.77. The van der Waals surface area contributed by atoms with E-state index in [9.17, 15) is 4.39 Å². The molecule has 0 aliphatic rings. The second-order valence-corrected chi connectivity index (χ2v) is 3.29. The Morgan fingerprint density at radius 1 is 1.25 bits per heavy atom. The van der Waals surface area contributed by atoms with Crippen molar-refractivity contribution in [2.45, 2.75) is 0 Å². The summed E-state index contributed by atoms with van der Waals surface area (Å²) >= 11 is 0. The lowest BCUT2D eigenvalue weighted by molar-refractivity contribution is 0.416. The highest BCUT2D eigenvalue weighted by molar-refractivity contribution is 5.72. The molecule has 2 N–H and O–H groups in total. The van der Waals surface area contributed by atoms with Crippen LogP contribution in [0.15, 0.2) is 36.5 Å². The molecule has 0 spiro atoms. The zero-order valence-electron chi connectivity index (χ0n) is 8.77. The van der Waals surface area contributed by atoms with Gasteiger partial charge >= 0.3 is 0 Å². The van der Waals surface area contributed by atoms with E-state index in [1.165, 1.54) is 6.07 Å². The first kappa shape index (κ1) is 10.4. The van der Waals surface area contributed by atoms with E-state index >= 15 is 0 Å². The Morgan fingerprint density at radius 3 is 2.75 bits per heavy atom. The number of methoxy groups -OCH3 is 1. The molecule has 4 heteroatoms. The molecule has 0 radical (unpaired) electrons. The molecule has 0 atom stereocenters. The van der Waals surface area contributed by atoms with Crippen molar-refractivity contribution in [2.75, 3.05) is 12.8 Å². The van der Waals surface area contributed by atoms with E-state index in [-0.39, 0.29) is 5.82 Å². The van der Waals surface area contributed by atoms with Gasteiger partial charge in [-0.05, 0) is 12.1 Å². The number of para-hydroxylation sites is 1. The fraction of sp³-hybridized carbons (Fsp3) is 0.0833. The summed E-state index contributed by atoms with van der Waals surface area (Å²) in [6.07, 6.45) is 1.11. The molecule has 1 aromatic heterocycles. The van der Waals surface area contributed by atoms with Gasteiger partial charge in [-0.25, -0.2) is 9.37 Å². The summed E-state index contributed by atoms with van der Waals surface area (Å²) in [4.78, 5) is 3.68. The number of pyridine rings is 1. The Bertz CT molecular complexity index is 514. The molecule has 1 aromatic carbocycles. The number of aromatic nitrogens is 1. The standard InChI is InChI=1S/C12H11FN2O/c1-16-11-5-3-2-4-8(11)9-6-12(14)15-7-10(9)13/h2-7H,1H3,(H2,14,15). The van der Waals surface area contributed by atoms with Crippen molar-refractivity contribution in [3.05, 3.63) is 42.3 Å². The van der Waals surface area contributed by atoms with Gasteiger partial charge in [-0.2, -0.15) is 0 Å². The van der Waals surface area contributed by atoms with Crippen LogP contribution in [0.1, 0.15) is 0 Å². The fourth-order valence-electron chi connectivity index (χ4n) is 1.53. The SMILES string of the molecule is COc1ccccc1-c1cc(N)ncc1F. The Balaban J connectivity index is 2.62. The highest BCUT2D eigenvalue weighted by Crippen LogP contribution is 2.31. The van der Waals surface area contributed by atoms with Crippen LogP contribution in [0.4, 0.5) is 10.2 Å². The summed E-state index contributed by atoms with van der Waals surface area (Å²) in [6.45, 7) is 0. The third-order valence-corrected chi connectivity index (χ3v) is 2.27. The normalized spacial score (nSPS) is 10.1. The predicted molar refractivity (Wildman–Crippen MR) is 60.6 cm³/mol. The van der Waals surface area contributed by atoms with Gasteiger partial charge < -0.3 is 10.5 Å². The summed E-state index contributed by atoms with van der Waals surface area (Å²) in [5.74, 6) is 0.466. The molecule has 0 bridgehead atoms. The van der Waals surface area contributed by atoms with Crippen molar-refractivity contribution >= 4 is 5.82 Å². The van der Waals surface area contributed by atoms with Gasteiger partial charge in [-0.15, -0.1) is 0 Å². The third kappa shape index (κ3) is 1.82. The number of nitrogens with zero attached hydrogens (tertiary/aromatic N) is 1. The van der Waals surface area contributed by atoms with E-state index < -0.39 is 5.82 Å². The molecule has 0 saturated carbocycles. The first-order valence-electron chi connectivity index (χ1n) is 4.77. The minimum atomic E-state index is -0.418. The number of hydrogen-bond acceptors (Lipinski definition) is 3. The topological polar surface area (TPSA) is 48.1 Å². The molecular weight excluding hydrogens is 207 g/mol. The van der Waals surface area contributed by atoms with Crippen LogP contribution in [0.25, 0.3) is 11.1 Å². The molecule has 0 saturated heterocycles. The average Bonchev–Trinajstić information content (AvgIpc) is 2.32. The molecule has 3 nitrogen and oxygen atoms in total. The Kier molecular flexibility index (Phi) is 2.72. The first-order chi connectivity index (χ1) is 7.72. The Morgan fingerprint density at radius 2 is 2.00 bits per heavy atom. The largest absolute Gasteiger partial charge is 0.496 e. The van der Waals surface area contributed by atoms with Gasteiger partial charge in [-0.3, -0.25) is 0 Å². The highest BCUT2D eigenvalue weighted by atomic mass is 19.1. The summed E-state index contributed by atoms with van der Waals surface area (Å²) in [5, 5.41) is 0. The molecular formula is C12H11FN2O. The fourth-order valence-corrected chi connectivity index (χ4v) is 1.53. The van der Waals surface area contributed by atoms with Gasteiger partial charge in [0.15, 0.2) is 0 Å². The average molecular weight is 218 g/mol. The van der Waals surface area contributed by atoms with Gasteiger partial charge in [0.2, 0.25) is 0 Å². The molecule has 0 aliphatic carbocycles. The van der Waals surface area contributed by atoms with Gasteiger partial charge in [0.1, 0.15) is 17.4 Å². The van der Waals surface area contributed by atoms with Crippen LogP contribution in [0.2, 0.25) is 0 Å². The molecule has 0 unspecified atom stereocenters. The van der Waals surface area contributed by atoms with Crippen LogP contribution in [-0.4, -0.2) is 12.1 Å². The number of hydrogen-bond donors (Lipinski definition) is 1. The minimum absolute atomic E-state index is 0.280. The van der Waals surface area contributed by atoms with Crippen molar-refractivity contribution in [1.82, 2.24) is 4.98 Å².